The standard InChI is InChI=1S/C24H25ClF3N3O4S/c1-12-8-31(9-13(2)35-12)10-14-5-17(25)7-18(21(14)32)22(33)30-23-29-20-15(11-34-3)4-16(24(26,27)28)6-19(20)36-23/h4-7,12-13,32H,8-11H2,1-3H3,(H,29,30,33)/t12-,13?/m1/s1. The molecule has 36 heavy (non-hydrogen) atoms. The second-order valence-corrected chi connectivity index (χ2v) is 10.3. The van der Waals surface area contributed by atoms with Crippen LogP contribution in [0.15, 0.2) is 24.3 Å². The van der Waals surface area contributed by atoms with E-state index in [1.54, 1.807) is 6.07 Å². The lowest BCUT2D eigenvalue weighted by Crippen LogP contribution is -2.44. The summed E-state index contributed by atoms with van der Waals surface area (Å²) in [6.45, 7) is 5.54. The van der Waals surface area contributed by atoms with Gasteiger partial charge in [-0.2, -0.15) is 13.2 Å². The number of thiazole rings is 1. The smallest absolute Gasteiger partial charge is 0.416 e. The molecule has 1 aliphatic rings. The maximum absolute atomic E-state index is 13.3. The van der Waals surface area contributed by atoms with E-state index in [1.807, 2.05) is 13.8 Å². The van der Waals surface area contributed by atoms with Crippen molar-refractivity contribution in [2.24, 2.45) is 0 Å². The minimum Gasteiger partial charge on any atom is -0.507 e. The molecule has 2 atom stereocenters. The third kappa shape index (κ3) is 5.92. The number of phenols is 1. The van der Waals surface area contributed by atoms with Crippen molar-refractivity contribution < 1.29 is 32.5 Å². The van der Waals surface area contributed by atoms with Crippen molar-refractivity contribution in [2.75, 3.05) is 25.5 Å². The minimum absolute atomic E-state index is 0.0257. The van der Waals surface area contributed by atoms with Crippen LogP contribution in [0.5, 0.6) is 5.75 Å². The molecule has 2 aromatic carbocycles. The van der Waals surface area contributed by atoms with E-state index >= 15 is 0 Å². The number of anilines is 1. The number of hydrogen-bond donors (Lipinski definition) is 2. The number of carbonyl (C=O) groups is 1. The Morgan fingerprint density at radius 2 is 1.94 bits per heavy atom. The Morgan fingerprint density at radius 1 is 1.25 bits per heavy atom. The number of fused-ring (bicyclic) bond motifs is 1. The Morgan fingerprint density at radius 3 is 2.58 bits per heavy atom. The summed E-state index contributed by atoms with van der Waals surface area (Å²) in [7, 11) is 1.37. The van der Waals surface area contributed by atoms with Crippen LogP contribution in [0, 0.1) is 0 Å². The maximum atomic E-state index is 13.3. The quantitative estimate of drug-likeness (QED) is 0.416. The number of halogens is 4. The molecule has 194 valence electrons. The molecular weight excluding hydrogens is 519 g/mol. The molecule has 0 aliphatic carbocycles. The van der Waals surface area contributed by atoms with Gasteiger partial charge in [0.05, 0.1) is 40.2 Å². The fourth-order valence-electron chi connectivity index (χ4n) is 4.35. The topological polar surface area (TPSA) is 83.9 Å². The van der Waals surface area contributed by atoms with Crippen LogP contribution in [-0.2, 0) is 28.8 Å². The van der Waals surface area contributed by atoms with E-state index in [4.69, 9.17) is 21.1 Å². The Bertz CT molecular complexity index is 1270. The average Bonchev–Trinajstić information content (AvgIpc) is 3.17. The van der Waals surface area contributed by atoms with Gasteiger partial charge >= 0.3 is 6.18 Å². The Kier molecular flexibility index (Phi) is 7.77. The number of phenolic OH excluding ortho intramolecular Hbond substituents is 1. The average molecular weight is 544 g/mol. The number of alkyl halides is 3. The number of rotatable bonds is 6. The zero-order chi connectivity index (χ0) is 26.2. The number of methoxy groups -OCH3 is 1. The number of aromatic hydroxyl groups is 1. The van der Waals surface area contributed by atoms with Crippen molar-refractivity contribution in [3.8, 4) is 5.75 Å². The molecule has 4 rings (SSSR count). The maximum Gasteiger partial charge on any atom is 0.416 e. The van der Waals surface area contributed by atoms with Crippen molar-refractivity contribution in [3.63, 3.8) is 0 Å². The van der Waals surface area contributed by atoms with E-state index in [2.05, 4.69) is 15.2 Å². The van der Waals surface area contributed by atoms with E-state index in [1.165, 1.54) is 13.2 Å². The number of nitrogens with one attached hydrogen (secondary N) is 1. The minimum atomic E-state index is -4.54. The zero-order valence-electron chi connectivity index (χ0n) is 19.8. The number of aromatic nitrogens is 1. The van der Waals surface area contributed by atoms with Crippen molar-refractivity contribution in [3.05, 3.63) is 51.5 Å². The first-order valence-electron chi connectivity index (χ1n) is 11.1. The monoisotopic (exact) mass is 543 g/mol. The number of carbonyl (C=O) groups excluding carboxylic acids is 1. The van der Waals surface area contributed by atoms with Crippen LogP contribution in [0.2, 0.25) is 5.02 Å². The molecule has 0 saturated carbocycles. The molecule has 1 unspecified atom stereocenters. The fraction of sp³-hybridized carbons (Fsp3) is 0.417. The molecule has 3 aromatic rings. The molecule has 1 fully saturated rings. The van der Waals surface area contributed by atoms with Gasteiger partial charge in [-0.3, -0.25) is 15.0 Å². The lowest BCUT2D eigenvalue weighted by atomic mass is 10.1. The van der Waals surface area contributed by atoms with Crippen LogP contribution in [0.1, 0.15) is 40.9 Å². The van der Waals surface area contributed by atoms with Gasteiger partial charge in [0.15, 0.2) is 5.13 Å². The summed E-state index contributed by atoms with van der Waals surface area (Å²) in [5, 5.41) is 13.8. The van der Waals surface area contributed by atoms with Gasteiger partial charge in [0.2, 0.25) is 0 Å². The number of hydrogen-bond acceptors (Lipinski definition) is 7. The summed E-state index contributed by atoms with van der Waals surface area (Å²) in [6.07, 6.45) is -4.49. The van der Waals surface area contributed by atoms with Gasteiger partial charge < -0.3 is 14.6 Å². The predicted molar refractivity (Wildman–Crippen MR) is 132 cm³/mol. The highest BCUT2D eigenvalue weighted by Crippen LogP contribution is 2.37. The summed E-state index contributed by atoms with van der Waals surface area (Å²) < 4.78 is 51.0. The number of nitrogens with zero attached hydrogens (tertiary/aromatic N) is 2. The lowest BCUT2D eigenvalue weighted by Gasteiger charge is -2.35. The third-order valence-electron chi connectivity index (χ3n) is 5.71. The molecule has 0 radical (unpaired) electrons. The van der Waals surface area contributed by atoms with Crippen molar-refractivity contribution in [2.45, 2.75) is 45.4 Å². The summed E-state index contributed by atoms with van der Waals surface area (Å²) in [6, 6.07) is 4.91. The van der Waals surface area contributed by atoms with E-state index in [-0.39, 0.29) is 50.5 Å². The van der Waals surface area contributed by atoms with Gasteiger partial charge in [-0.1, -0.05) is 22.9 Å². The van der Waals surface area contributed by atoms with E-state index in [0.717, 1.165) is 23.5 Å². The molecule has 1 saturated heterocycles. The highest BCUT2D eigenvalue weighted by molar-refractivity contribution is 7.22. The van der Waals surface area contributed by atoms with Gasteiger partial charge in [-0.05, 0) is 38.1 Å². The van der Waals surface area contributed by atoms with Crippen molar-refractivity contribution in [1.82, 2.24) is 9.88 Å². The van der Waals surface area contributed by atoms with E-state index in [9.17, 15) is 23.1 Å². The Balaban J connectivity index is 1.61. The largest absolute Gasteiger partial charge is 0.507 e. The number of amides is 1. The molecule has 12 heteroatoms. The Labute approximate surface area is 214 Å². The van der Waals surface area contributed by atoms with Crippen LogP contribution in [-0.4, -0.2) is 53.3 Å². The predicted octanol–water partition coefficient (Wildman–Crippen LogP) is 5.68. The molecule has 1 amide bonds. The van der Waals surface area contributed by atoms with Gasteiger partial charge in [-0.25, -0.2) is 4.98 Å². The molecule has 0 spiro atoms. The molecule has 2 heterocycles. The van der Waals surface area contributed by atoms with E-state index in [0.29, 0.717) is 30.7 Å². The SMILES string of the molecule is COCc1cc(C(F)(F)F)cc2sc(NC(=O)c3cc(Cl)cc(CN4CC(C)O[C@H](C)C4)c3O)nc12. The molecule has 2 N–H and O–H groups in total. The lowest BCUT2D eigenvalue weighted by molar-refractivity contribution is -0.137. The first-order chi connectivity index (χ1) is 16.9. The molecule has 0 bridgehead atoms. The van der Waals surface area contributed by atoms with Gasteiger partial charge in [0, 0.05) is 42.9 Å². The molecule has 7 nitrogen and oxygen atoms in total. The second-order valence-electron chi connectivity index (χ2n) is 8.80. The normalized spacial score (nSPS) is 19.1. The number of ether oxygens (including phenoxy) is 2. The highest BCUT2D eigenvalue weighted by Gasteiger charge is 2.32. The highest BCUT2D eigenvalue weighted by atomic mass is 35.5. The zero-order valence-corrected chi connectivity index (χ0v) is 21.4. The first kappa shape index (κ1) is 26.6. The van der Waals surface area contributed by atoms with Crippen molar-refractivity contribution in [1.29, 1.82) is 0 Å². The van der Waals surface area contributed by atoms with Crippen molar-refractivity contribution >= 4 is 44.2 Å². The van der Waals surface area contributed by atoms with Gasteiger partial charge in [0.25, 0.3) is 5.91 Å². The van der Waals surface area contributed by atoms with Gasteiger partial charge in [-0.15, -0.1) is 0 Å². The summed E-state index contributed by atoms with van der Waals surface area (Å²) in [5.74, 6) is -0.896. The summed E-state index contributed by atoms with van der Waals surface area (Å²) in [4.78, 5) is 19.5. The Hall–Kier alpha value is -2.44. The second kappa shape index (κ2) is 10.5. The number of benzene rings is 2. The van der Waals surface area contributed by atoms with Crippen LogP contribution in [0.25, 0.3) is 10.2 Å². The molecule has 1 aliphatic heterocycles. The molecule has 1 aromatic heterocycles. The first-order valence-corrected chi connectivity index (χ1v) is 12.3. The van der Waals surface area contributed by atoms with Crippen LogP contribution in [0.4, 0.5) is 18.3 Å². The fourth-order valence-corrected chi connectivity index (χ4v) is 5.54. The van der Waals surface area contributed by atoms with E-state index < -0.39 is 17.6 Å². The van der Waals surface area contributed by atoms with Crippen LogP contribution < -0.4 is 5.32 Å². The third-order valence-corrected chi connectivity index (χ3v) is 6.84. The summed E-state index contributed by atoms with van der Waals surface area (Å²) in [5.41, 5.74) is 0.153. The number of morpholine rings is 1. The van der Waals surface area contributed by atoms with Crippen LogP contribution in [0.3, 0.4) is 0 Å². The van der Waals surface area contributed by atoms with Crippen LogP contribution >= 0.6 is 22.9 Å². The van der Waals surface area contributed by atoms with Gasteiger partial charge in [0.1, 0.15) is 5.75 Å². The molecular formula is C24H25ClF3N3O4S. The summed E-state index contributed by atoms with van der Waals surface area (Å²) >= 11 is 7.15.